The Bertz CT molecular complexity index is 449. The van der Waals surface area contributed by atoms with Gasteiger partial charge in [-0.3, -0.25) is 0 Å². The molecule has 0 atom stereocenters. The van der Waals surface area contributed by atoms with E-state index in [4.69, 9.17) is 9.47 Å². The highest BCUT2D eigenvalue weighted by molar-refractivity contribution is 6.14. The molecule has 0 fully saturated rings. The molecule has 5 nitrogen and oxygen atoms in total. The first-order valence-corrected chi connectivity index (χ1v) is 7.46. The number of anilines is 1. The van der Waals surface area contributed by atoms with Crippen LogP contribution in [-0.2, 0) is 19.1 Å². The van der Waals surface area contributed by atoms with E-state index in [-0.39, 0.29) is 18.8 Å². The Labute approximate surface area is 132 Å². The van der Waals surface area contributed by atoms with Gasteiger partial charge in [0.15, 0.2) is 5.57 Å². The summed E-state index contributed by atoms with van der Waals surface area (Å²) in [6.45, 7) is 7.98. The molecule has 0 saturated carbocycles. The third-order valence-corrected chi connectivity index (χ3v) is 2.15. The maximum atomic E-state index is 11.6. The van der Waals surface area contributed by atoms with Crippen molar-refractivity contribution in [3.63, 3.8) is 0 Å². The molecule has 0 radical (unpaired) electrons. The average molecular weight is 307 g/mol. The lowest BCUT2D eigenvalue weighted by Gasteiger charge is -2.07. The van der Waals surface area contributed by atoms with Gasteiger partial charge in [-0.2, -0.15) is 0 Å². The summed E-state index contributed by atoms with van der Waals surface area (Å²) in [5, 5.41) is 2.86. The van der Waals surface area contributed by atoms with E-state index in [0.29, 0.717) is 0 Å². The quantitative estimate of drug-likeness (QED) is 0.377. The molecule has 1 rings (SSSR count). The van der Waals surface area contributed by atoms with E-state index in [2.05, 4.69) is 19.2 Å². The third kappa shape index (κ3) is 8.09. The minimum Gasteiger partial charge on any atom is -0.462 e. The monoisotopic (exact) mass is 307 g/mol. The largest absolute Gasteiger partial charge is 0.462 e. The Morgan fingerprint density at radius 3 is 1.82 bits per heavy atom. The summed E-state index contributed by atoms with van der Waals surface area (Å²) in [5.74, 6) is -1.41. The molecule has 122 valence electrons. The summed E-state index contributed by atoms with van der Waals surface area (Å²) >= 11 is 0. The van der Waals surface area contributed by atoms with E-state index >= 15 is 0 Å². The van der Waals surface area contributed by atoms with Gasteiger partial charge in [0.1, 0.15) is 0 Å². The second-order valence-corrected chi connectivity index (χ2v) is 4.22. The fourth-order valence-corrected chi connectivity index (χ4v) is 1.31. The lowest BCUT2D eigenvalue weighted by molar-refractivity contribution is -0.146. The van der Waals surface area contributed by atoms with Gasteiger partial charge in [0.2, 0.25) is 0 Å². The van der Waals surface area contributed by atoms with Crippen LogP contribution in [0.2, 0.25) is 0 Å². The molecule has 1 aromatic carbocycles. The molecule has 0 bridgehead atoms. The molecule has 1 N–H and O–H groups in total. The fourth-order valence-electron chi connectivity index (χ4n) is 1.31. The van der Waals surface area contributed by atoms with E-state index in [0.717, 1.165) is 5.69 Å². The molecule has 0 saturated heterocycles. The summed E-state index contributed by atoms with van der Waals surface area (Å²) in [7, 11) is 0. The Hall–Kier alpha value is -2.30. The van der Waals surface area contributed by atoms with Gasteiger partial charge in [0.05, 0.1) is 13.2 Å². The molecular formula is C17H25NO4. The first-order valence-electron chi connectivity index (χ1n) is 7.46. The van der Waals surface area contributed by atoms with Crippen molar-refractivity contribution in [1.82, 2.24) is 0 Å². The summed E-state index contributed by atoms with van der Waals surface area (Å²) in [4.78, 5) is 23.3. The topological polar surface area (TPSA) is 64.6 Å². The first-order chi connectivity index (χ1) is 10.6. The first kappa shape index (κ1) is 19.7. The zero-order valence-electron chi connectivity index (χ0n) is 13.7. The van der Waals surface area contributed by atoms with Crippen molar-refractivity contribution < 1.29 is 19.1 Å². The van der Waals surface area contributed by atoms with Gasteiger partial charge >= 0.3 is 11.9 Å². The third-order valence-electron chi connectivity index (χ3n) is 2.15. The van der Waals surface area contributed by atoms with Crippen molar-refractivity contribution in [2.75, 3.05) is 18.5 Å². The van der Waals surface area contributed by atoms with Gasteiger partial charge in [-0.1, -0.05) is 38.5 Å². The van der Waals surface area contributed by atoms with Crippen LogP contribution < -0.4 is 5.32 Å². The molecule has 0 aliphatic rings. The number of rotatable bonds is 6. The van der Waals surface area contributed by atoms with Crippen LogP contribution in [-0.4, -0.2) is 25.2 Å². The number of ether oxygens (including phenoxy) is 2. The van der Waals surface area contributed by atoms with Gasteiger partial charge in [-0.15, -0.1) is 0 Å². The molecule has 22 heavy (non-hydrogen) atoms. The lowest BCUT2D eigenvalue weighted by atomic mass is 10.3. The normalized spacial score (nSPS) is 8.91. The Morgan fingerprint density at radius 1 is 0.955 bits per heavy atom. The standard InChI is InChI=1S/C14H17NO4.C3H8/c1-3-18-13(16)12(14(17)19-4-2)10-15-11-8-6-5-7-9-11;1-3-2/h5-10,15H,3-4H2,1-2H3;3H2,1-2H3. The van der Waals surface area contributed by atoms with Crippen molar-refractivity contribution in [2.45, 2.75) is 34.1 Å². The second-order valence-electron chi connectivity index (χ2n) is 4.22. The van der Waals surface area contributed by atoms with Gasteiger partial charge in [-0.25, -0.2) is 9.59 Å². The number of hydrogen-bond donors (Lipinski definition) is 1. The number of carbonyl (C=O) groups excluding carboxylic acids is 2. The maximum Gasteiger partial charge on any atom is 0.347 e. The number of hydrogen-bond acceptors (Lipinski definition) is 5. The minimum absolute atomic E-state index is 0.160. The molecule has 0 amide bonds. The fraction of sp³-hybridized carbons (Fsp3) is 0.412. The molecule has 0 aliphatic carbocycles. The Kier molecular flexibility index (Phi) is 11.1. The van der Waals surface area contributed by atoms with Gasteiger partial charge < -0.3 is 14.8 Å². The number of para-hydroxylation sites is 1. The van der Waals surface area contributed by atoms with Crippen LogP contribution in [0.15, 0.2) is 42.1 Å². The van der Waals surface area contributed by atoms with Crippen LogP contribution in [0.1, 0.15) is 34.1 Å². The van der Waals surface area contributed by atoms with Crippen LogP contribution in [0.25, 0.3) is 0 Å². The molecule has 0 aliphatic heterocycles. The summed E-state index contributed by atoms with van der Waals surface area (Å²) in [6, 6.07) is 9.16. The molecule has 0 heterocycles. The molecule has 0 aromatic heterocycles. The SMILES string of the molecule is CCC.CCOC(=O)C(=CNc1ccccc1)C(=O)OCC. The van der Waals surface area contributed by atoms with Gasteiger partial charge in [0, 0.05) is 11.9 Å². The van der Waals surface area contributed by atoms with Gasteiger partial charge in [-0.05, 0) is 26.0 Å². The second kappa shape index (κ2) is 12.4. The van der Waals surface area contributed by atoms with Crippen molar-refractivity contribution in [2.24, 2.45) is 0 Å². The lowest BCUT2D eigenvalue weighted by Crippen LogP contribution is -2.19. The van der Waals surface area contributed by atoms with E-state index in [9.17, 15) is 9.59 Å². The average Bonchev–Trinajstić information content (AvgIpc) is 2.50. The minimum atomic E-state index is -0.704. The number of benzene rings is 1. The number of carbonyl (C=O) groups is 2. The van der Waals surface area contributed by atoms with Crippen molar-refractivity contribution in [3.05, 3.63) is 42.1 Å². The predicted octanol–water partition coefficient (Wildman–Crippen LogP) is 3.52. The van der Waals surface area contributed by atoms with Gasteiger partial charge in [0.25, 0.3) is 0 Å². The smallest absolute Gasteiger partial charge is 0.347 e. The van der Waals surface area contributed by atoms with Crippen LogP contribution in [0.4, 0.5) is 5.69 Å². The van der Waals surface area contributed by atoms with Crippen molar-refractivity contribution in [3.8, 4) is 0 Å². The number of esters is 2. The zero-order valence-corrected chi connectivity index (χ0v) is 13.7. The highest BCUT2D eigenvalue weighted by Crippen LogP contribution is 2.08. The van der Waals surface area contributed by atoms with E-state index in [1.807, 2.05) is 30.3 Å². The maximum absolute atomic E-state index is 11.6. The molecular weight excluding hydrogens is 282 g/mol. The molecule has 0 unspecified atom stereocenters. The molecule has 0 spiro atoms. The number of nitrogens with one attached hydrogen (secondary N) is 1. The Morgan fingerprint density at radius 2 is 1.41 bits per heavy atom. The summed E-state index contributed by atoms with van der Waals surface area (Å²) in [5.41, 5.74) is 0.598. The van der Waals surface area contributed by atoms with Crippen molar-refractivity contribution >= 4 is 17.6 Å². The summed E-state index contributed by atoms with van der Waals surface area (Å²) in [6.07, 6.45) is 2.55. The molecule has 1 aromatic rings. The van der Waals surface area contributed by atoms with Crippen LogP contribution in [0.5, 0.6) is 0 Å². The van der Waals surface area contributed by atoms with Crippen LogP contribution in [0, 0.1) is 0 Å². The Balaban J connectivity index is 0.00000135. The highest BCUT2D eigenvalue weighted by Gasteiger charge is 2.20. The van der Waals surface area contributed by atoms with E-state index < -0.39 is 11.9 Å². The van der Waals surface area contributed by atoms with Crippen molar-refractivity contribution in [1.29, 1.82) is 0 Å². The highest BCUT2D eigenvalue weighted by atomic mass is 16.6. The van der Waals surface area contributed by atoms with E-state index in [1.165, 1.54) is 12.6 Å². The predicted molar refractivity (Wildman–Crippen MR) is 87.4 cm³/mol. The van der Waals surface area contributed by atoms with Crippen LogP contribution >= 0.6 is 0 Å². The zero-order chi connectivity index (χ0) is 16.8. The summed E-state index contributed by atoms with van der Waals surface area (Å²) < 4.78 is 9.62. The van der Waals surface area contributed by atoms with Crippen LogP contribution in [0.3, 0.4) is 0 Å². The van der Waals surface area contributed by atoms with E-state index in [1.54, 1.807) is 13.8 Å². The molecule has 5 heteroatoms.